The fourth-order valence-electron chi connectivity index (χ4n) is 2.96. The zero-order valence-electron chi connectivity index (χ0n) is 10.00. The van der Waals surface area contributed by atoms with E-state index in [-0.39, 0.29) is 0 Å². The summed E-state index contributed by atoms with van der Waals surface area (Å²) in [4.78, 5) is 0. The van der Waals surface area contributed by atoms with E-state index in [9.17, 15) is 5.11 Å². The summed E-state index contributed by atoms with van der Waals surface area (Å²) in [5, 5.41) is 12.6. The van der Waals surface area contributed by atoms with Gasteiger partial charge in [0.2, 0.25) is 0 Å². The Morgan fingerprint density at radius 2 is 1.81 bits per heavy atom. The van der Waals surface area contributed by atoms with Crippen LogP contribution in [0.25, 0.3) is 0 Å². The summed E-state index contributed by atoms with van der Waals surface area (Å²) in [7, 11) is 2.04. The predicted molar refractivity (Wildman–Crippen MR) is 66.6 cm³/mol. The van der Waals surface area contributed by atoms with E-state index >= 15 is 0 Å². The van der Waals surface area contributed by atoms with Crippen molar-refractivity contribution in [2.45, 2.75) is 32.1 Å². The Kier molecular flexibility index (Phi) is 3.49. The second kappa shape index (κ2) is 4.88. The maximum Gasteiger partial charge on any atom is 0.115 e. The number of nitrogens with one attached hydrogen (secondary N) is 1. The van der Waals surface area contributed by atoms with Gasteiger partial charge in [-0.2, -0.15) is 0 Å². The van der Waals surface area contributed by atoms with Crippen LogP contribution < -0.4 is 5.32 Å². The molecule has 0 amide bonds. The second-order valence-electron chi connectivity index (χ2n) is 5.08. The molecule has 1 fully saturated rings. The Labute approximate surface area is 97.7 Å². The van der Waals surface area contributed by atoms with Crippen LogP contribution in [0.15, 0.2) is 24.3 Å². The zero-order chi connectivity index (χ0) is 11.4. The number of phenols is 1. The Bertz CT molecular complexity index is 325. The van der Waals surface area contributed by atoms with E-state index in [2.05, 4.69) is 5.32 Å². The lowest BCUT2D eigenvalue weighted by Gasteiger charge is -2.29. The van der Waals surface area contributed by atoms with Gasteiger partial charge in [-0.1, -0.05) is 25.0 Å². The molecule has 88 valence electrons. The number of phenolic OH excluding ortho intramolecular Hbond substituents is 1. The third-order valence-corrected chi connectivity index (χ3v) is 3.73. The normalized spacial score (nSPS) is 18.8. The van der Waals surface area contributed by atoms with Gasteiger partial charge < -0.3 is 10.4 Å². The molecule has 2 nitrogen and oxygen atoms in total. The van der Waals surface area contributed by atoms with E-state index in [4.69, 9.17) is 0 Å². The first-order chi connectivity index (χ1) is 7.74. The number of rotatable bonds is 4. The van der Waals surface area contributed by atoms with Gasteiger partial charge in [-0.25, -0.2) is 0 Å². The summed E-state index contributed by atoms with van der Waals surface area (Å²) in [6, 6.07) is 7.67. The SMILES string of the molecule is CNCC1(Cc2ccc(O)cc2)CCCC1. The second-order valence-corrected chi connectivity index (χ2v) is 5.08. The summed E-state index contributed by atoms with van der Waals surface area (Å²) in [5.41, 5.74) is 1.79. The van der Waals surface area contributed by atoms with Crippen LogP contribution in [0, 0.1) is 5.41 Å². The molecule has 16 heavy (non-hydrogen) atoms. The predicted octanol–water partition coefficient (Wildman–Crippen LogP) is 2.71. The van der Waals surface area contributed by atoms with Crippen molar-refractivity contribution in [3.8, 4) is 5.75 Å². The highest BCUT2D eigenvalue weighted by Crippen LogP contribution is 2.40. The molecule has 0 bridgehead atoms. The summed E-state index contributed by atoms with van der Waals surface area (Å²) in [6.45, 7) is 1.11. The van der Waals surface area contributed by atoms with Crippen LogP contribution in [-0.4, -0.2) is 18.7 Å². The third-order valence-electron chi connectivity index (χ3n) is 3.73. The smallest absolute Gasteiger partial charge is 0.115 e. The standard InChI is InChI=1S/C14H21NO/c1-15-11-14(8-2-3-9-14)10-12-4-6-13(16)7-5-12/h4-7,15-16H,2-3,8-11H2,1H3. The lowest BCUT2D eigenvalue weighted by Crippen LogP contribution is -2.32. The molecule has 2 N–H and O–H groups in total. The Morgan fingerprint density at radius 3 is 2.38 bits per heavy atom. The monoisotopic (exact) mass is 219 g/mol. The molecule has 1 aromatic carbocycles. The molecule has 1 aromatic rings. The topological polar surface area (TPSA) is 32.3 Å². The molecule has 0 aromatic heterocycles. The highest BCUT2D eigenvalue weighted by atomic mass is 16.3. The minimum absolute atomic E-state index is 0.359. The summed E-state index contributed by atoms with van der Waals surface area (Å²) < 4.78 is 0. The van der Waals surface area contributed by atoms with Gasteiger partial charge in [-0.15, -0.1) is 0 Å². The van der Waals surface area contributed by atoms with E-state index < -0.39 is 0 Å². The number of hydrogen-bond acceptors (Lipinski definition) is 2. The van der Waals surface area contributed by atoms with Gasteiger partial charge in [0, 0.05) is 6.54 Å². The van der Waals surface area contributed by atoms with Crippen molar-refractivity contribution in [1.82, 2.24) is 5.32 Å². The molecule has 0 heterocycles. The lowest BCUT2D eigenvalue weighted by atomic mass is 9.80. The first kappa shape index (κ1) is 11.5. The van der Waals surface area contributed by atoms with Crippen molar-refractivity contribution in [3.05, 3.63) is 29.8 Å². The quantitative estimate of drug-likeness (QED) is 0.816. The average Bonchev–Trinajstić information content (AvgIpc) is 2.71. The molecular formula is C14H21NO. The Balaban J connectivity index is 2.08. The maximum atomic E-state index is 9.27. The Morgan fingerprint density at radius 1 is 1.19 bits per heavy atom. The molecular weight excluding hydrogens is 198 g/mol. The maximum absolute atomic E-state index is 9.27. The largest absolute Gasteiger partial charge is 0.508 e. The van der Waals surface area contributed by atoms with Gasteiger partial charge in [0.15, 0.2) is 0 Å². The van der Waals surface area contributed by atoms with E-state index in [0.29, 0.717) is 11.2 Å². The molecule has 0 atom stereocenters. The minimum Gasteiger partial charge on any atom is -0.508 e. The summed E-state index contributed by atoms with van der Waals surface area (Å²) in [6.07, 6.45) is 6.51. The highest BCUT2D eigenvalue weighted by Gasteiger charge is 2.33. The first-order valence-electron chi connectivity index (χ1n) is 6.17. The summed E-state index contributed by atoms with van der Waals surface area (Å²) >= 11 is 0. The van der Waals surface area contributed by atoms with Gasteiger partial charge in [0.05, 0.1) is 0 Å². The number of benzene rings is 1. The van der Waals surface area contributed by atoms with Crippen molar-refractivity contribution >= 4 is 0 Å². The van der Waals surface area contributed by atoms with Crippen molar-refractivity contribution in [2.75, 3.05) is 13.6 Å². The van der Waals surface area contributed by atoms with Crippen molar-refractivity contribution < 1.29 is 5.11 Å². The molecule has 0 unspecified atom stereocenters. The minimum atomic E-state index is 0.359. The highest BCUT2D eigenvalue weighted by molar-refractivity contribution is 5.26. The molecule has 1 aliphatic carbocycles. The molecule has 1 aliphatic rings. The number of hydrogen-bond donors (Lipinski definition) is 2. The molecule has 2 rings (SSSR count). The van der Waals surface area contributed by atoms with Crippen LogP contribution in [0.1, 0.15) is 31.2 Å². The number of aromatic hydroxyl groups is 1. The molecule has 0 radical (unpaired) electrons. The molecule has 0 spiro atoms. The van der Waals surface area contributed by atoms with Crippen molar-refractivity contribution in [2.24, 2.45) is 5.41 Å². The zero-order valence-corrected chi connectivity index (χ0v) is 10.00. The third kappa shape index (κ3) is 2.56. The summed E-state index contributed by atoms with van der Waals surface area (Å²) in [5.74, 6) is 0.359. The van der Waals surface area contributed by atoms with Crippen LogP contribution in [0.5, 0.6) is 5.75 Å². The average molecular weight is 219 g/mol. The molecule has 2 heteroatoms. The van der Waals surface area contributed by atoms with Gasteiger partial charge in [0.25, 0.3) is 0 Å². The van der Waals surface area contributed by atoms with E-state index in [0.717, 1.165) is 13.0 Å². The molecule has 0 saturated heterocycles. The van der Waals surface area contributed by atoms with E-state index in [1.807, 2.05) is 19.2 Å². The van der Waals surface area contributed by atoms with E-state index in [1.165, 1.54) is 31.2 Å². The Hall–Kier alpha value is -1.02. The van der Waals surface area contributed by atoms with Gasteiger partial charge >= 0.3 is 0 Å². The van der Waals surface area contributed by atoms with Crippen molar-refractivity contribution in [3.63, 3.8) is 0 Å². The van der Waals surface area contributed by atoms with E-state index in [1.54, 1.807) is 12.1 Å². The van der Waals surface area contributed by atoms with Crippen LogP contribution >= 0.6 is 0 Å². The van der Waals surface area contributed by atoms with Crippen LogP contribution in [0.4, 0.5) is 0 Å². The van der Waals surface area contributed by atoms with Crippen molar-refractivity contribution in [1.29, 1.82) is 0 Å². The van der Waals surface area contributed by atoms with Crippen LogP contribution in [-0.2, 0) is 6.42 Å². The fraction of sp³-hybridized carbons (Fsp3) is 0.571. The molecule has 1 saturated carbocycles. The molecule has 0 aliphatic heterocycles. The van der Waals surface area contributed by atoms with Gasteiger partial charge in [-0.3, -0.25) is 0 Å². The van der Waals surface area contributed by atoms with Gasteiger partial charge in [-0.05, 0) is 49.4 Å². The first-order valence-corrected chi connectivity index (χ1v) is 6.17. The van der Waals surface area contributed by atoms with Crippen LogP contribution in [0.3, 0.4) is 0 Å². The van der Waals surface area contributed by atoms with Gasteiger partial charge in [0.1, 0.15) is 5.75 Å². The fourth-order valence-corrected chi connectivity index (χ4v) is 2.96. The lowest BCUT2D eigenvalue weighted by molar-refractivity contribution is 0.285. The van der Waals surface area contributed by atoms with Crippen LogP contribution in [0.2, 0.25) is 0 Å².